The highest BCUT2D eigenvalue weighted by Gasteiger charge is 2.22. The molecule has 0 atom stereocenters. The third-order valence-corrected chi connectivity index (χ3v) is 14.3. The average molecular weight is 1370 g/mol. The molecule has 0 spiro atoms. The first-order chi connectivity index (χ1) is 43.9. The number of nitrogens with zero attached hydrogens (tertiary/aromatic N) is 22. The largest absolute Gasteiger partial charge is 0.492 e. The van der Waals surface area contributed by atoms with Crippen molar-refractivity contribution < 1.29 is 14.8 Å². The van der Waals surface area contributed by atoms with Gasteiger partial charge >= 0.3 is 7.12 Å². The predicted molar refractivity (Wildman–Crippen MR) is 365 cm³/mol. The molecule has 29 heteroatoms. The molecule has 14 aromatic rings. The molecular formula is C64H62BBr2N23O3. The Balaban J connectivity index is 0.000000153. The lowest BCUT2D eigenvalue weighted by Gasteiger charge is -2.04. The highest BCUT2D eigenvalue weighted by atomic mass is 79.9. The van der Waals surface area contributed by atoms with Crippen molar-refractivity contribution >= 4 is 85.2 Å². The summed E-state index contributed by atoms with van der Waals surface area (Å²) < 4.78 is 13.6. The van der Waals surface area contributed by atoms with Crippen molar-refractivity contribution in [2.45, 2.75) is 42.5 Å². The summed E-state index contributed by atoms with van der Waals surface area (Å²) in [6, 6.07) is 34.3. The summed E-state index contributed by atoms with van der Waals surface area (Å²) in [6.45, 7) is 21.8. The first-order valence-corrected chi connectivity index (χ1v) is 29.2. The minimum atomic E-state index is -1.54. The van der Waals surface area contributed by atoms with Crippen LogP contribution in [0.5, 0.6) is 0 Å². The first-order valence-electron chi connectivity index (χ1n) is 27.6. The van der Waals surface area contributed by atoms with E-state index in [1.54, 1.807) is 59.2 Å². The van der Waals surface area contributed by atoms with E-state index in [0.717, 1.165) is 88.4 Å². The van der Waals surface area contributed by atoms with Crippen LogP contribution in [0, 0.1) is 40.8 Å². The van der Waals surface area contributed by atoms with Gasteiger partial charge in [0.05, 0.1) is 67.8 Å². The van der Waals surface area contributed by atoms with Crippen LogP contribution in [0.4, 0.5) is 17.5 Å². The average Bonchev–Trinajstić information content (AvgIpc) is 1.68. The highest BCUT2D eigenvalue weighted by Crippen LogP contribution is 2.32. The van der Waals surface area contributed by atoms with Crippen molar-refractivity contribution in [1.29, 1.82) is 0 Å². The molecule has 0 unspecified atom stereocenters. The van der Waals surface area contributed by atoms with Crippen molar-refractivity contribution in [3.05, 3.63) is 213 Å². The van der Waals surface area contributed by atoms with Crippen LogP contribution in [0.3, 0.4) is 0 Å². The Labute approximate surface area is 552 Å². The van der Waals surface area contributed by atoms with Gasteiger partial charge in [0.25, 0.3) is 11.6 Å². The van der Waals surface area contributed by atoms with E-state index in [4.69, 9.17) is 13.1 Å². The summed E-state index contributed by atoms with van der Waals surface area (Å²) in [4.78, 5) is 47.8. The third-order valence-electron chi connectivity index (χ3n) is 13.2. The fraction of sp³-hybridized carbons (Fsp3) is 0.156. The zero-order chi connectivity index (χ0) is 64.5. The maximum absolute atomic E-state index is 10.7. The van der Waals surface area contributed by atoms with Crippen LogP contribution >= 0.6 is 31.9 Å². The number of carbonyl (C=O) groups excluding carboxylic acids is 1. The number of halogens is 2. The molecule has 0 saturated carbocycles. The molecule has 0 aliphatic heterocycles. The lowest BCUT2D eigenvalue weighted by molar-refractivity contribution is -0.105. The van der Waals surface area contributed by atoms with Gasteiger partial charge in [0.15, 0.2) is 11.5 Å². The molecule has 93 heavy (non-hydrogen) atoms. The molecule has 468 valence electrons. The Bertz CT molecular complexity index is 5030. The Hall–Kier alpha value is -11.2. The fourth-order valence-electron chi connectivity index (χ4n) is 9.24. The molecule has 0 aliphatic rings. The minimum Gasteiger partial charge on any atom is -0.423 e. The number of imidazole rings is 3. The molecule has 26 nitrogen and oxygen atoms in total. The molecule has 14 rings (SSSR count). The predicted octanol–water partition coefficient (Wildman–Crippen LogP) is 11.1. The van der Waals surface area contributed by atoms with Gasteiger partial charge in [-0.3, -0.25) is 43.5 Å². The van der Waals surface area contributed by atoms with Gasteiger partial charge in [-0.05, 0) is 132 Å². The van der Waals surface area contributed by atoms with Crippen LogP contribution < -0.4 is 10.8 Å². The van der Waals surface area contributed by atoms with Crippen LogP contribution in [-0.4, -0.2) is 121 Å². The molecule has 1 amide bonds. The highest BCUT2D eigenvalue weighted by molar-refractivity contribution is 9.10. The standard InChI is InChI=1S/C17H15N7O.C17H13N7.C10H12BN3O2.C10H10BrN3.C8H4BrN3.2CH4/c1-11-4-3-5-14(20-11)17-12(9-23(2)22-17)13-6-7-15-18-8-16(19-10-25)24(15)21-13;1-11-5-4-6-14(20-11)17-12(10-23(3)22-17)13-7-8-15-19-9-16(18-2)24(15)21-13;1-7-4-3-5-9(12-7)10-8(11(15)16)6-14(2)13-10;1-7-4-3-5-9(12-7)10-8(11)6-14(2)13-10;1-10-8-4-11-7-3-2-6(9)5-12(7)8;;/h3-10H,1-2H3,(H,19,25);4-10H,1,3H3;3-6,15-16H,1-2H3;3-6H,1-2H3;2-5H;2*1H4. The van der Waals surface area contributed by atoms with Gasteiger partial charge in [0, 0.05) is 98.9 Å². The lowest BCUT2D eigenvalue weighted by atomic mass is 9.80. The van der Waals surface area contributed by atoms with Crippen LogP contribution in [0.1, 0.15) is 37.6 Å². The van der Waals surface area contributed by atoms with Gasteiger partial charge in [0.1, 0.15) is 28.5 Å². The van der Waals surface area contributed by atoms with Gasteiger partial charge in [0.2, 0.25) is 17.7 Å². The van der Waals surface area contributed by atoms with Gasteiger partial charge in [-0.15, -0.1) is 4.52 Å². The van der Waals surface area contributed by atoms with Crippen molar-refractivity contribution in [2.24, 2.45) is 28.2 Å². The van der Waals surface area contributed by atoms with Crippen molar-refractivity contribution in [3.8, 4) is 68.1 Å². The monoisotopic (exact) mass is 1370 g/mol. The number of hydrogen-bond acceptors (Lipinski definition) is 16. The minimum absolute atomic E-state index is 0. The molecule has 0 radical (unpaired) electrons. The van der Waals surface area contributed by atoms with E-state index < -0.39 is 7.12 Å². The number of fused-ring (bicyclic) bond motifs is 3. The number of amides is 1. The van der Waals surface area contributed by atoms with E-state index in [-0.39, 0.29) is 14.9 Å². The Morgan fingerprint density at radius 1 is 0.473 bits per heavy atom. The number of anilines is 1. The van der Waals surface area contributed by atoms with Crippen LogP contribution in [0.25, 0.3) is 94.7 Å². The normalized spacial score (nSPS) is 10.4. The summed E-state index contributed by atoms with van der Waals surface area (Å²) in [5.41, 5.74) is 15.3. The Morgan fingerprint density at radius 2 is 0.892 bits per heavy atom. The summed E-state index contributed by atoms with van der Waals surface area (Å²) in [7, 11) is 5.81. The number of carbonyl (C=O) groups is 1. The SMILES string of the molecule is C.C.Cc1cccc(-c2nn(C)cc2-c2ccc3ncc(NC=O)n3n2)n1.Cc1cccc(-c2nn(C)cc2B(O)O)n1.Cc1cccc(-c2nn(C)cc2Br)n1.[C-]#[N+]c1cnc2ccc(-c3cn(C)nc3-c3cccc(C)n3)nn12.[C-]#[N+]c1cnc2ccc(Br)cn12. The van der Waals surface area contributed by atoms with E-state index in [9.17, 15) is 14.8 Å². The second kappa shape index (κ2) is 30.1. The van der Waals surface area contributed by atoms with Gasteiger partial charge in [-0.2, -0.15) is 30.0 Å². The fourth-order valence-corrected chi connectivity index (χ4v) is 10.2. The molecule has 14 heterocycles. The second-order valence-corrected chi connectivity index (χ2v) is 22.0. The number of nitrogens with one attached hydrogen (secondary N) is 1. The zero-order valence-corrected chi connectivity index (χ0v) is 53.2. The molecular weight excluding hydrogens is 1310 g/mol. The lowest BCUT2D eigenvalue weighted by Crippen LogP contribution is -2.30. The third kappa shape index (κ3) is 15.9. The molecule has 0 fully saturated rings. The maximum atomic E-state index is 10.7. The molecule has 0 aromatic carbocycles. The van der Waals surface area contributed by atoms with Crippen LogP contribution in [0.15, 0.2) is 168 Å². The summed E-state index contributed by atoms with van der Waals surface area (Å²) in [5, 5.41) is 47.8. The van der Waals surface area contributed by atoms with Crippen molar-refractivity contribution in [1.82, 2.24) is 97.6 Å². The molecule has 14 aromatic heterocycles. The molecule has 0 saturated heterocycles. The maximum Gasteiger partial charge on any atom is 0.492 e. The van der Waals surface area contributed by atoms with E-state index in [0.29, 0.717) is 57.7 Å². The van der Waals surface area contributed by atoms with Crippen molar-refractivity contribution in [3.63, 3.8) is 0 Å². The number of hydrogen-bond donors (Lipinski definition) is 3. The van der Waals surface area contributed by atoms with Gasteiger partial charge in [-0.1, -0.05) is 57.4 Å². The topological polar surface area (TPSA) is 279 Å². The quantitative estimate of drug-likeness (QED) is 0.0688. The van der Waals surface area contributed by atoms with Crippen molar-refractivity contribution in [2.75, 3.05) is 5.32 Å². The summed E-state index contributed by atoms with van der Waals surface area (Å²) in [5.74, 6) is 1.42. The number of rotatable bonds is 9. The van der Waals surface area contributed by atoms with E-state index in [2.05, 4.69) is 112 Å². The van der Waals surface area contributed by atoms with E-state index in [1.807, 2.05) is 177 Å². The molecule has 0 aliphatic carbocycles. The molecule has 3 N–H and O–H groups in total. The zero-order valence-electron chi connectivity index (χ0n) is 50.1. The van der Waals surface area contributed by atoms with Crippen LogP contribution in [0.2, 0.25) is 0 Å². The molecule has 0 bridgehead atoms. The Kier molecular flexibility index (Phi) is 21.9. The van der Waals surface area contributed by atoms with Gasteiger partial charge < -0.3 is 25.1 Å². The number of aromatic nitrogens is 20. The van der Waals surface area contributed by atoms with Gasteiger partial charge in [-0.25, -0.2) is 19.4 Å². The summed E-state index contributed by atoms with van der Waals surface area (Å²) in [6.07, 6.45) is 14.4. The summed E-state index contributed by atoms with van der Waals surface area (Å²) >= 11 is 6.78. The first kappa shape index (κ1) is 67.7. The van der Waals surface area contributed by atoms with E-state index >= 15 is 0 Å². The second-order valence-electron chi connectivity index (χ2n) is 20.2. The number of aryl methyl sites for hydroxylation is 8. The smallest absolute Gasteiger partial charge is 0.423 e. The number of pyridine rings is 5. The Morgan fingerprint density at radius 3 is 1.38 bits per heavy atom. The van der Waals surface area contributed by atoms with Crippen LogP contribution in [-0.2, 0) is 33.0 Å². The van der Waals surface area contributed by atoms with E-state index in [1.165, 1.54) is 10.9 Å².